The minimum atomic E-state index is -1.00. The molecule has 0 aliphatic carbocycles. The Morgan fingerprint density at radius 2 is 2.18 bits per heavy atom. The van der Waals surface area contributed by atoms with Gasteiger partial charge < -0.3 is 20.1 Å². The Balaban J connectivity index is 2.19. The number of carboxylic acids is 1. The van der Waals surface area contributed by atoms with Gasteiger partial charge >= 0.3 is 12.0 Å². The molecule has 0 unspecified atom stereocenters. The fourth-order valence-corrected chi connectivity index (χ4v) is 1.97. The maximum absolute atomic E-state index is 11.8. The third-order valence-electron chi connectivity index (χ3n) is 2.89. The first-order chi connectivity index (χ1) is 7.93. The van der Waals surface area contributed by atoms with Crippen molar-refractivity contribution in [3.05, 3.63) is 0 Å². The number of carbonyl (C=O) groups excluding carboxylic acids is 1. The summed E-state index contributed by atoms with van der Waals surface area (Å²) in [5.41, 5.74) is -0.0913. The molecule has 0 radical (unpaired) electrons. The van der Waals surface area contributed by atoms with Crippen molar-refractivity contribution >= 4 is 12.0 Å². The SMILES string of the molecule is CC1(C)CCCN1C(=O)NCCOCC(=O)O. The standard InChI is InChI=1S/C11H20N2O4/c1-11(2)4-3-6-13(11)10(16)12-5-7-17-8-9(14)15/h3-8H2,1-2H3,(H,12,16)(H,14,15). The highest BCUT2D eigenvalue weighted by Gasteiger charge is 2.35. The van der Waals surface area contributed by atoms with Crippen molar-refractivity contribution in [2.45, 2.75) is 32.2 Å². The number of carbonyl (C=O) groups is 2. The van der Waals surface area contributed by atoms with Gasteiger partial charge in [0.15, 0.2) is 0 Å². The van der Waals surface area contributed by atoms with Crippen molar-refractivity contribution in [3.8, 4) is 0 Å². The van der Waals surface area contributed by atoms with E-state index >= 15 is 0 Å². The highest BCUT2D eigenvalue weighted by Crippen LogP contribution is 2.27. The van der Waals surface area contributed by atoms with E-state index in [2.05, 4.69) is 5.32 Å². The molecule has 0 aromatic heterocycles. The zero-order valence-electron chi connectivity index (χ0n) is 10.4. The summed E-state index contributed by atoms with van der Waals surface area (Å²) in [6.45, 7) is 5.08. The van der Waals surface area contributed by atoms with Crippen LogP contribution in [0, 0.1) is 0 Å². The Morgan fingerprint density at radius 1 is 1.47 bits per heavy atom. The molecule has 1 aliphatic heterocycles. The van der Waals surface area contributed by atoms with Gasteiger partial charge in [0.2, 0.25) is 0 Å². The van der Waals surface area contributed by atoms with E-state index in [-0.39, 0.29) is 24.8 Å². The van der Waals surface area contributed by atoms with Crippen LogP contribution in [0.2, 0.25) is 0 Å². The van der Waals surface area contributed by atoms with Gasteiger partial charge in [-0.2, -0.15) is 0 Å². The van der Waals surface area contributed by atoms with E-state index in [0.29, 0.717) is 6.54 Å². The Labute approximate surface area is 101 Å². The average molecular weight is 244 g/mol. The first-order valence-corrected chi connectivity index (χ1v) is 5.78. The summed E-state index contributed by atoms with van der Waals surface area (Å²) < 4.78 is 4.83. The molecule has 0 aromatic rings. The summed E-state index contributed by atoms with van der Waals surface area (Å²) in [5, 5.41) is 11.1. The molecule has 98 valence electrons. The van der Waals surface area contributed by atoms with Gasteiger partial charge in [-0.1, -0.05) is 0 Å². The van der Waals surface area contributed by atoms with Crippen LogP contribution in [0.15, 0.2) is 0 Å². The lowest BCUT2D eigenvalue weighted by Crippen LogP contribution is -2.48. The van der Waals surface area contributed by atoms with E-state index in [4.69, 9.17) is 9.84 Å². The van der Waals surface area contributed by atoms with Gasteiger partial charge in [0, 0.05) is 18.6 Å². The van der Waals surface area contributed by atoms with Crippen molar-refractivity contribution in [1.82, 2.24) is 10.2 Å². The van der Waals surface area contributed by atoms with Crippen molar-refractivity contribution in [3.63, 3.8) is 0 Å². The predicted molar refractivity (Wildman–Crippen MR) is 61.9 cm³/mol. The van der Waals surface area contributed by atoms with Gasteiger partial charge in [-0.15, -0.1) is 0 Å². The van der Waals surface area contributed by atoms with Gasteiger partial charge in [-0.05, 0) is 26.7 Å². The molecule has 1 rings (SSSR count). The molecule has 1 fully saturated rings. The number of ether oxygens (including phenoxy) is 1. The predicted octanol–water partition coefficient (Wildman–Crippen LogP) is 0.672. The number of carboxylic acid groups (broad SMARTS) is 1. The van der Waals surface area contributed by atoms with Crippen LogP contribution in [0.25, 0.3) is 0 Å². The molecule has 17 heavy (non-hydrogen) atoms. The Morgan fingerprint density at radius 3 is 2.71 bits per heavy atom. The van der Waals surface area contributed by atoms with E-state index in [1.807, 2.05) is 18.7 Å². The van der Waals surface area contributed by atoms with Crippen molar-refractivity contribution in [2.24, 2.45) is 0 Å². The van der Waals surface area contributed by atoms with E-state index < -0.39 is 5.97 Å². The number of amides is 2. The molecular weight excluding hydrogens is 224 g/mol. The highest BCUT2D eigenvalue weighted by atomic mass is 16.5. The maximum atomic E-state index is 11.8. The third kappa shape index (κ3) is 4.22. The van der Waals surface area contributed by atoms with E-state index in [1.165, 1.54) is 0 Å². The lowest BCUT2D eigenvalue weighted by Gasteiger charge is -2.31. The fourth-order valence-electron chi connectivity index (χ4n) is 1.97. The summed E-state index contributed by atoms with van der Waals surface area (Å²) in [4.78, 5) is 23.8. The molecule has 2 N–H and O–H groups in total. The molecule has 0 saturated carbocycles. The number of hydrogen-bond donors (Lipinski definition) is 2. The summed E-state index contributed by atoms with van der Waals surface area (Å²) in [6, 6.07) is -0.105. The lowest BCUT2D eigenvalue weighted by molar-refractivity contribution is -0.142. The Hall–Kier alpha value is -1.30. The first-order valence-electron chi connectivity index (χ1n) is 5.78. The zero-order chi connectivity index (χ0) is 12.9. The highest BCUT2D eigenvalue weighted by molar-refractivity contribution is 5.75. The zero-order valence-corrected chi connectivity index (χ0v) is 10.4. The molecule has 0 spiro atoms. The minimum Gasteiger partial charge on any atom is -0.480 e. The second kappa shape index (κ2) is 5.86. The van der Waals surface area contributed by atoms with Gasteiger partial charge in [-0.3, -0.25) is 0 Å². The van der Waals surface area contributed by atoms with Gasteiger partial charge in [-0.25, -0.2) is 9.59 Å². The monoisotopic (exact) mass is 244 g/mol. The number of rotatable bonds is 5. The second-order valence-electron chi connectivity index (χ2n) is 4.75. The van der Waals surface area contributed by atoms with E-state index in [9.17, 15) is 9.59 Å². The minimum absolute atomic E-state index is 0.0913. The van der Waals surface area contributed by atoms with Crippen LogP contribution in [-0.4, -0.2) is 53.8 Å². The maximum Gasteiger partial charge on any atom is 0.329 e. The van der Waals surface area contributed by atoms with Gasteiger partial charge in [0.25, 0.3) is 0 Å². The molecule has 0 aromatic carbocycles. The van der Waals surface area contributed by atoms with Gasteiger partial charge in [0.05, 0.1) is 6.61 Å². The smallest absolute Gasteiger partial charge is 0.329 e. The molecule has 1 heterocycles. The first kappa shape index (κ1) is 13.8. The second-order valence-corrected chi connectivity index (χ2v) is 4.75. The molecule has 1 aliphatic rings. The molecule has 0 bridgehead atoms. The molecule has 6 nitrogen and oxygen atoms in total. The number of likely N-dealkylation sites (tertiary alicyclic amines) is 1. The summed E-state index contributed by atoms with van der Waals surface area (Å²) in [6.07, 6.45) is 2.03. The van der Waals surface area contributed by atoms with Crippen molar-refractivity contribution < 1.29 is 19.4 Å². The van der Waals surface area contributed by atoms with Crippen LogP contribution < -0.4 is 5.32 Å². The summed E-state index contributed by atoms with van der Waals surface area (Å²) in [5.74, 6) is -1.00. The molecule has 2 amide bonds. The number of hydrogen-bond acceptors (Lipinski definition) is 3. The number of urea groups is 1. The summed E-state index contributed by atoms with van der Waals surface area (Å²) in [7, 11) is 0. The number of nitrogens with one attached hydrogen (secondary N) is 1. The Bertz CT molecular complexity index is 291. The fraction of sp³-hybridized carbons (Fsp3) is 0.818. The molecule has 1 saturated heterocycles. The lowest BCUT2D eigenvalue weighted by atomic mass is 10.0. The number of nitrogens with zero attached hydrogens (tertiary/aromatic N) is 1. The summed E-state index contributed by atoms with van der Waals surface area (Å²) >= 11 is 0. The largest absolute Gasteiger partial charge is 0.480 e. The number of aliphatic carboxylic acids is 1. The van der Waals surface area contributed by atoms with Gasteiger partial charge in [0.1, 0.15) is 6.61 Å². The normalized spacial score (nSPS) is 18.1. The molecule has 6 heteroatoms. The van der Waals surface area contributed by atoms with Crippen LogP contribution in [-0.2, 0) is 9.53 Å². The topological polar surface area (TPSA) is 78.9 Å². The quantitative estimate of drug-likeness (QED) is 0.697. The van der Waals surface area contributed by atoms with Crippen LogP contribution in [0.3, 0.4) is 0 Å². The van der Waals surface area contributed by atoms with E-state index in [1.54, 1.807) is 0 Å². The third-order valence-corrected chi connectivity index (χ3v) is 2.89. The van der Waals surface area contributed by atoms with Crippen molar-refractivity contribution in [2.75, 3.05) is 26.3 Å². The van der Waals surface area contributed by atoms with Crippen LogP contribution in [0.4, 0.5) is 4.79 Å². The van der Waals surface area contributed by atoms with Crippen LogP contribution >= 0.6 is 0 Å². The van der Waals surface area contributed by atoms with Crippen molar-refractivity contribution in [1.29, 1.82) is 0 Å². The van der Waals surface area contributed by atoms with Crippen LogP contribution in [0.5, 0.6) is 0 Å². The molecule has 0 atom stereocenters. The van der Waals surface area contributed by atoms with E-state index in [0.717, 1.165) is 19.4 Å². The Kier molecular flexibility index (Phi) is 4.74. The average Bonchev–Trinajstić information content (AvgIpc) is 2.57. The molecular formula is C11H20N2O4. The van der Waals surface area contributed by atoms with Crippen LogP contribution in [0.1, 0.15) is 26.7 Å².